The number of hydrogen-bond acceptors (Lipinski definition) is 3. The highest BCUT2D eigenvalue weighted by molar-refractivity contribution is 6.30. The molecule has 0 saturated heterocycles. The Morgan fingerprint density at radius 2 is 2.00 bits per heavy atom. The van der Waals surface area contributed by atoms with E-state index in [1.165, 1.54) is 0 Å². The second kappa shape index (κ2) is 8.25. The van der Waals surface area contributed by atoms with Crippen LogP contribution in [0, 0.1) is 0 Å². The first kappa shape index (κ1) is 16.9. The van der Waals surface area contributed by atoms with Gasteiger partial charge in [-0.2, -0.15) is 0 Å². The number of ether oxygens (including phenoxy) is 1. The van der Waals surface area contributed by atoms with E-state index in [1.54, 1.807) is 24.3 Å². The lowest BCUT2D eigenvalue weighted by atomic mass is 10.3. The molecule has 0 heterocycles. The quantitative estimate of drug-likeness (QED) is 0.742. The zero-order valence-corrected chi connectivity index (χ0v) is 13.7. The number of carbonyl (C=O) groups excluding carboxylic acids is 1. The van der Waals surface area contributed by atoms with Gasteiger partial charge in [0.2, 0.25) is 5.91 Å². The first-order chi connectivity index (χ1) is 11.0. The van der Waals surface area contributed by atoms with E-state index >= 15 is 0 Å². The van der Waals surface area contributed by atoms with Gasteiger partial charge < -0.3 is 15.4 Å². The highest BCUT2D eigenvalue weighted by Crippen LogP contribution is 2.24. The smallest absolute Gasteiger partial charge is 0.243 e. The maximum atomic E-state index is 12.0. The number of rotatable bonds is 7. The predicted molar refractivity (Wildman–Crippen MR) is 95.3 cm³/mol. The van der Waals surface area contributed by atoms with Gasteiger partial charge in [-0.05, 0) is 42.8 Å². The number of amides is 1. The Labute approximate surface area is 141 Å². The molecule has 0 atom stereocenters. The van der Waals surface area contributed by atoms with E-state index in [-0.39, 0.29) is 12.5 Å². The average molecular weight is 331 g/mol. The van der Waals surface area contributed by atoms with E-state index in [0.717, 1.165) is 11.3 Å². The van der Waals surface area contributed by atoms with Crippen LogP contribution in [0.2, 0.25) is 5.02 Å². The summed E-state index contributed by atoms with van der Waals surface area (Å²) in [5.74, 6) is 0.521. The fraction of sp³-hybridized carbons (Fsp3) is 0.167. The van der Waals surface area contributed by atoms with Crippen LogP contribution in [0.1, 0.15) is 6.92 Å². The maximum absolute atomic E-state index is 12.0. The Morgan fingerprint density at radius 1 is 1.22 bits per heavy atom. The molecular formula is C18H19ClN2O2. The summed E-state index contributed by atoms with van der Waals surface area (Å²) in [5, 5.41) is 6.43. The first-order valence-corrected chi connectivity index (χ1v) is 7.58. The van der Waals surface area contributed by atoms with Crippen LogP contribution in [-0.2, 0) is 4.79 Å². The topological polar surface area (TPSA) is 50.4 Å². The molecule has 0 spiro atoms. The third kappa shape index (κ3) is 5.68. The Kier molecular flexibility index (Phi) is 6.06. The standard InChI is InChI=1S/C18H19ClN2O2/c1-13(2)12-23-17-9-4-3-8-16(17)20-11-18(22)21-15-7-5-6-14(19)10-15/h3-10,20H,1,11-12H2,2H3,(H,21,22). The lowest BCUT2D eigenvalue weighted by Crippen LogP contribution is -2.22. The summed E-state index contributed by atoms with van der Waals surface area (Å²) in [7, 11) is 0. The molecule has 0 bridgehead atoms. The number of hydrogen-bond donors (Lipinski definition) is 2. The molecule has 0 saturated carbocycles. The van der Waals surface area contributed by atoms with Gasteiger partial charge in [0, 0.05) is 10.7 Å². The highest BCUT2D eigenvalue weighted by Gasteiger charge is 2.06. The van der Waals surface area contributed by atoms with Crippen LogP contribution in [0.5, 0.6) is 5.75 Å². The van der Waals surface area contributed by atoms with Gasteiger partial charge in [0.1, 0.15) is 12.4 Å². The van der Waals surface area contributed by atoms with E-state index in [0.29, 0.717) is 23.1 Å². The van der Waals surface area contributed by atoms with Crippen LogP contribution < -0.4 is 15.4 Å². The minimum absolute atomic E-state index is 0.125. The van der Waals surface area contributed by atoms with Crippen LogP contribution >= 0.6 is 11.6 Å². The molecular weight excluding hydrogens is 312 g/mol. The van der Waals surface area contributed by atoms with Gasteiger partial charge in [0.05, 0.1) is 12.2 Å². The molecule has 23 heavy (non-hydrogen) atoms. The molecule has 0 aromatic heterocycles. The number of nitrogens with one attached hydrogen (secondary N) is 2. The molecule has 4 nitrogen and oxygen atoms in total. The summed E-state index contributed by atoms with van der Waals surface area (Å²) in [6.45, 7) is 6.27. The van der Waals surface area contributed by atoms with E-state index in [4.69, 9.17) is 16.3 Å². The molecule has 1 amide bonds. The molecule has 5 heteroatoms. The largest absolute Gasteiger partial charge is 0.487 e. The average Bonchev–Trinajstić information content (AvgIpc) is 2.51. The zero-order chi connectivity index (χ0) is 16.7. The summed E-state index contributed by atoms with van der Waals surface area (Å²) in [6.07, 6.45) is 0. The fourth-order valence-electron chi connectivity index (χ4n) is 1.89. The van der Waals surface area contributed by atoms with Gasteiger partial charge in [-0.15, -0.1) is 0 Å². The Bertz CT molecular complexity index is 701. The molecule has 2 aromatic carbocycles. The van der Waals surface area contributed by atoms with E-state index in [9.17, 15) is 4.79 Å². The predicted octanol–water partition coefficient (Wildman–Crippen LogP) is 4.35. The van der Waals surface area contributed by atoms with E-state index in [1.807, 2.05) is 31.2 Å². The second-order valence-electron chi connectivity index (χ2n) is 5.15. The van der Waals surface area contributed by atoms with Gasteiger partial charge in [0.25, 0.3) is 0 Å². The van der Waals surface area contributed by atoms with Crippen molar-refractivity contribution in [3.05, 3.63) is 65.7 Å². The van der Waals surface area contributed by atoms with Crippen molar-refractivity contribution in [2.75, 3.05) is 23.8 Å². The number of carbonyl (C=O) groups is 1. The van der Waals surface area contributed by atoms with Crippen molar-refractivity contribution in [3.8, 4) is 5.75 Å². The lowest BCUT2D eigenvalue weighted by molar-refractivity contribution is -0.114. The minimum Gasteiger partial charge on any atom is -0.487 e. The van der Waals surface area contributed by atoms with Crippen molar-refractivity contribution in [1.82, 2.24) is 0 Å². The van der Waals surface area contributed by atoms with Gasteiger partial charge >= 0.3 is 0 Å². The molecule has 0 fully saturated rings. The van der Waals surface area contributed by atoms with Gasteiger partial charge in [-0.3, -0.25) is 4.79 Å². The van der Waals surface area contributed by atoms with E-state index < -0.39 is 0 Å². The van der Waals surface area contributed by atoms with Crippen molar-refractivity contribution in [1.29, 1.82) is 0 Å². The highest BCUT2D eigenvalue weighted by atomic mass is 35.5. The Balaban J connectivity index is 1.92. The zero-order valence-electron chi connectivity index (χ0n) is 12.9. The van der Waals surface area contributed by atoms with Gasteiger partial charge in [-0.1, -0.05) is 36.4 Å². The molecule has 0 aliphatic heterocycles. The third-order valence-electron chi connectivity index (χ3n) is 2.91. The molecule has 0 aliphatic rings. The number of benzene rings is 2. The van der Waals surface area contributed by atoms with Gasteiger partial charge in [-0.25, -0.2) is 0 Å². The minimum atomic E-state index is -0.165. The second-order valence-corrected chi connectivity index (χ2v) is 5.59. The Hall–Kier alpha value is -2.46. The van der Waals surface area contributed by atoms with Crippen molar-refractivity contribution < 1.29 is 9.53 Å². The van der Waals surface area contributed by atoms with Gasteiger partial charge in [0.15, 0.2) is 0 Å². The van der Waals surface area contributed by atoms with E-state index in [2.05, 4.69) is 17.2 Å². The molecule has 0 radical (unpaired) electrons. The summed E-state index contributed by atoms with van der Waals surface area (Å²) in [6, 6.07) is 14.5. The molecule has 2 rings (SSSR count). The van der Waals surface area contributed by atoms with Crippen molar-refractivity contribution in [2.45, 2.75) is 6.92 Å². The lowest BCUT2D eigenvalue weighted by Gasteiger charge is -2.13. The normalized spacial score (nSPS) is 10.0. The summed E-state index contributed by atoms with van der Waals surface area (Å²) < 4.78 is 5.65. The first-order valence-electron chi connectivity index (χ1n) is 7.20. The number of halogens is 1. The Morgan fingerprint density at radius 3 is 2.74 bits per heavy atom. The van der Waals surface area contributed by atoms with Crippen LogP contribution in [0.25, 0.3) is 0 Å². The molecule has 0 aliphatic carbocycles. The van der Waals surface area contributed by atoms with Crippen molar-refractivity contribution in [3.63, 3.8) is 0 Å². The van der Waals surface area contributed by atoms with Crippen LogP contribution in [-0.4, -0.2) is 19.1 Å². The van der Waals surface area contributed by atoms with Crippen LogP contribution in [0.4, 0.5) is 11.4 Å². The molecule has 2 N–H and O–H groups in total. The summed E-state index contributed by atoms with van der Waals surface area (Å²) in [5.41, 5.74) is 2.35. The maximum Gasteiger partial charge on any atom is 0.243 e. The number of para-hydroxylation sites is 2. The number of anilines is 2. The fourth-order valence-corrected chi connectivity index (χ4v) is 2.08. The van der Waals surface area contributed by atoms with Crippen LogP contribution in [0.3, 0.4) is 0 Å². The van der Waals surface area contributed by atoms with Crippen molar-refractivity contribution >= 4 is 28.9 Å². The molecule has 0 unspecified atom stereocenters. The third-order valence-corrected chi connectivity index (χ3v) is 3.14. The van der Waals surface area contributed by atoms with Crippen LogP contribution in [0.15, 0.2) is 60.7 Å². The summed E-state index contributed by atoms with van der Waals surface area (Å²) in [4.78, 5) is 12.0. The summed E-state index contributed by atoms with van der Waals surface area (Å²) >= 11 is 5.89. The molecule has 120 valence electrons. The van der Waals surface area contributed by atoms with Crippen molar-refractivity contribution in [2.24, 2.45) is 0 Å². The monoisotopic (exact) mass is 330 g/mol. The molecule has 2 aromatic rings. The SMILES string of the molecule is C=C(C)COc1ccccc1NCC(=O)Nc1cccc(Cl)c1.